The van der Waals surface area contributed by atoms with Crippen LogP contribution in [0.25, 0.3) is 0 Å². The molecule has 0 saturated heterocycles. The van der Waals surface area contributed by atoms with Gasteiger partial charge in [0.15, 0.2) is 0 Å². The molecule has 8 heteroatoms. The number of rotatable bonds is 6. The second kappa shape index (κ2) is 9.71. The van der Waals surface area contributed by atoms with Gasteiger partial charge >= 0.3 is 23.9 Å². The number of esters is 4. The van der Waals surface area contributed by atoms with E-state index in [0.717, 1.165) is 35.5 Å². The number of hydrogen-bond acceptors (Lipinski definition) is 8. The Bertz CT molecular complexity index is 1980. The zero-order valence-electron chi connectivity index (χ0n) is 27.1. The van der Waals surface area contributed by atoms with Gasteiger partial charge in [-0.25, -0.2) is 19.2 Å². The molecular formula is C42H32O8. The molecule has 7 aliphatic carbocycles. The van der Waals surface area contributed by atoms with Crippen LogP contribution in [0, 0.1) is 35.5 Å². The van der Waals surface area contributed by atoms with E-state index >= 15 is 0 Å². The molecule has 0 atom stereocenters. The van der Waals surface area contributed by atoms with Crippen molar-refractivity contribution in [1.29, 1.82) is 0 Å². The number of benzene rings is 4. The predicted molar refractivity (Wildman–Crippen MR) is 177 cm³/mol. The molecule has 2 aliphatic heterocycles. The molecule has 8 bridgehead atoms. The lowest BCUT2D eigenvalue weighted by Gasteiger charge is -2.75. The van der Waals surface area contributed by atoms with Crippen molar-refractivity contribution in [2.24, 2.45) is 35.5 Å². The smallest absolute Gasteiger partial charge is 0.347 e. The normalized spacial score (nSPS) is 33.4. The van der Waals surface area contributed by atoms with Crippen molar-refractivity contribution in [2.75, 3.05) is 0 Å². The Morgan fingerprint density at radius 1 is 0.400 bits per heavy atom. The Balaban J connectivity index is 0.801. The first-order valence-corrected chi connectivity index (χ1v) is 17.6. The summed E-state index contributed by atoms with van der Waals surface area (Å²) in [5, 5.41) is 0. The van der Waals surface area contributed by atoms with Crippen LogP contribution in [-0.2, 0) is 20.3 Å². The van der Waals surface area contributed by atoms with Crippen LogP contribution in [-0.4, -0.2) is 23.9 Å². The Hall–Kier alpha value is -5.24. The van der Waals surface area contributed by atoms with Gasteiger partial charge in [0, 0.05) is 0 Å². The standard InChI is InChI=1S/C42H32O8/c43-37-27-11-9-25(13-29(27)39(45)49-37)47-23-5-1-21(2-6-23)41-15-31-34-18-42(19-35(31)33(17-41)36(20-42)32(34)16-41)22-3-7-24(8-4-22)48-26-10-12-28-30(14-26)40(46)50-38(28)44/h1-14,31-36H,15-20H2. The molecule has 7 fully saturated rings. The molecule has 248 valence electrons. The minimum atomic E-state index is -0.632. The zero-order valence-corrected chi connectivity index (χ0v) is 27.1. The van der Waals surface area contributed by atoms with Crippen molar-refractivity contribution in [3.8, 4) is 23.0 Å². The molecule has 7 saturated carbocycles. The fourth-order valence-electron chi connectivity index (χ4n) is 11.9. The van der Waals surface area contributed by atoms with Crippen LogP contribution in [0.3, 0.4) is 0 Å². The molecule has 0 radical (unpaired) electrons. The van der Waals surface area contributed by atoms with Gasteiger partial charge in [-0.1, -0.05) is 24.3 Å². The van der Waals surface area contributed by atoms with Crippen LogP contribution < -0.4 is 9.47 Å². The van der Waals surface area contributed by atoms with Gasteiger partial charge < -0.3 is 18.9 Å². The molecular weight excluding hydrogens is 632 g/mol. The first-order valence-electron chi connectivity index (χ1n) is 17.6. The Morgan fingerprint density at radius 2 is 0.700 bits per heavy atom. The summed E-state index contributed by atoms with van der Waals surface area (Å²) >= 11 is 0. The summed E-state index contributed by atoms with van der Waals surface area (Å²) < 4.78 is 21.6. The highest BCUT2D eigenvalue weighted by atomic mass is 16.6. The highest BCUT2D eigenvalue weighted by molar-refractivity contribution is 6.15. The Morgan fingerprint density at radius 3 is 1.04 bits per heavy atom. The van der Waals surface area contributed by atoms with E-state index in [4.69, 9.17) is 18.9 Å². The first kappa shape index (κ1) is 28.6. The molecule has 0 aromatic heterocycles. The van der Waals surface area contributed by atoms with Gasteiger partial charge in [0.25, 0.3) is 0 Å². The minimum absolute atomic E-state index is 0.234. The molecule has 4 aromatic carbocycles. The Labute approximate surface area is 287 Å². The maximum atomic E-state index is 12.0. The summed E-state index contributed by atoms with van der Waals surface area (Å²) in [5.41, 5.74) is 4.37. The third-order valence-electron chi connectivity index (χ3n) is 13.7. The summed E-state index contributed by atoms with van der Waals surface area (Å²) in [7, 11) is 0. The van der Waals surface area contributed by atoms with Gasteiger partial charge in [0.05, 0.1) is 22.3 Å². The van der Waals surface area contributed by atoms with Gasteiger partial charge in [0.1, 0.15) is 23.0 Å². The fourth-order valence-corrected chi connectivity index (χ4v) is 11.9. The van der Waals surface area contributed by atoms with Gasteiger partial charge in [-0.3, -0.25) is 0 Å². The summed E-state index contributed by atoms with van der Waals surface area (Å²) in [6.07, 6.45) is 7.62. The zero-order chi connectivity index (χ0) is 33.5. The quantitative estimate of drug-likeness (QED) is 0.150. The fraction of sp³-hybridized carbons (Fsp3) is 0.333. The summed E-state index contributed by atoms with van der Waals surface area (Å²) in [4.78, 5) is 47.6. The van der Waals surface area contributed by atoms with E-state index in [1.54, 1.807) is 36.4 Å². The van der Waals surface area contributed by atoms with E-state index in [9.17, 15) is 19.2 Å². The molecule has 0 N–H and O–H groups in total. The van der Waals surface area contributed by atoms with Gasteiger partial charge in [0.2, 0.25) is 0 Å². The van der Waals surface area contributed by atoms with Crippen LogP contribution >= 0.6 is 0 Å². The van der Waals surface area contributed by atoms with E-state index in [-0.39, 0.29) is 33.1 Å². The average Bonchev–Trinajstić information content (AvgIpc) is 3.58. The molecule has 8 nitrogen and oxygen atoms in total. The number of ether oxygens (including phenoxy) is 4. The number of carbonyl (C=O) groups is 4. The second-order valence-electron chi connectivity index (χ2n) is 15.8. The predicted octanol–water partition coefficient (Wildman–Crippen LogP) is 8.17. The van der Waals surface area contributed by atoms with Gasteiger partial charge in [-0.05, 0) is 157 Å². The van der Waals surface area contributed by atoms with E-state index < -0.39 is 23.9 Å². The molecule has 50 heavy (non-hydrogen) atoms. The van der Waals surface area contributed by atoms with E-state index in [1.165, 1.54) is 49.7 Å². The summed E-state index contributed by atoms with van der Waals surface area (Å²) in [6.45, 7) is 0. The number of carbonyl (C=O) groups excluding carboxylic acids is 4. The highest BCUT2D eigenvalue weighted by Crippen LogP contribution is 2.77. The van der Waals surface area contributed by atoms with Crippen LogP contribution in [0.4, 0.5) is 0 Å². The van der Waals surface area contributed by atoms with Crippen molar-refractivity contribution in [2.45, 2.75) is 49.4 Å². The highest BCUT2D eigenvalue weighted by Gasteiger charge is 2.70. The van der Waals surface area contributed by atoms with E-state index in [2.05, 4.69) is 24.3 Å². The molecule has 4 aromatic rings. The molecule has 0 unspecified atom stereocenters. The third-order valence-corrected chi connectivity index (χ3v) is 13.7. The van der Waals surface area contributed by atoms with Crippen LogP contribution in [0.5, 0.6) is 23.0 Å². The maximum absolute atomic E-state index is 12.0. The van der Waals surface area contributed by atoms with Crippen molar-refractivity contribution >= 4 is 23.9 Å². The molecule has 13 rings (SSSR count). The molecule has 9 aliphatic rings. The minimum Gasteiger partial charge on any atom is -0.457 e. The van der Waals surface area contributed by atoms with Crippen LogP contribution in [0.15, 0.2) is 84.9 Å². The first-order chi connectivity index (χ1) is 24.3. The van der Waals surface area contributed by atoms with Gasteiger partial charge in [-0.15, -0.1) is 0 Å². The number of fused-ring (bicyclic) bond motifs is 2. The number of hydrogen-bond donors (Lipinski definition) is 0. The largest absolute Gasteiger partial charge is 0.457 e. The van der Waals surface area contributed by atoms with Crippen LogP contribution in [0.2, 0.25) is 0 Å². The molecule has 2 heterocycles. The van der Waals surface area contributed by atoms with E-state index in [1.807, 2.05) is 24.3 Å². The van der Waals surface area contributed by atoms with Crippen molar-refractivity contribution < 1.29 is 38.1 Å². The number of cyclic esters (lactones) is 4. The summed E-state index contributed by atoms with van der Waals surface area (Å²) in [5.74, 6) is 4.63. The topological polar surface area (TPSA) is 105 Å². The van der Waals surface area contributed by atoms with Crippen LogP contribution in [0.1, 0.15) is 91.1 Å². The van der Waals surface area contributed by atoms with E-state index in [0.29, 0.717) is 23.0 Å². The lowest BCUT2D eigenvalue weighted by Crippen LogP contribution is -2.69. The van der Waals surface area contributed by atoms with Crippen molar-refractivity contribution in [3.05, 3.63) is 118 Å². The Kier molecular flexibility index (Phi) is 5.55. The lowest BCUT2D eigenvalue weighted by molar-refractivity contribution is -0.221. The van der Waals surface area contributed by atoms with Crippen molar-refractivity contribution in [3.63, 3.8) is 0 Å². The third kappa shape index (κ3) is 3.87. The second-order valence-corrected chi connectivity index (χ2v) is 15.8. The lowest BCUT2D eigenvalue weighted by atomic mass is 9.29. The van der Waals surface area contributed by atoms with Crippen molar-refractivity contribution in [1.82, 2.24) is 0 Å². The maximum Gasteiger partial charge on any atom is 0.347 e. The monoisotopic (exact) mass is 664 g/mol. The molecule has 0 spiro atoms. The van der Waals surface area contributed by atoms with Gasteiger partial charge in [-0.2, -0.15) is 0 Å². The molecule has 0 amide bonds. The SMILES string of the molecule is O=C1OC(=O)c2cc(Oc3ccc(C45CC6C7CC8(c9ccc(Oc%10ccc%11c(c%10)C(=O)OC%11=O)cc9)CC6C(C4)C(C8)C7C5)cc3)ccc21. The summed E-state index contributed by atoms with van der Waals surface area (Å²) in [6, 6.07) is 26.9. The average molecular weight is 665 g/mol.